The van der Waals surface area contributed by atoms with Crippen molar-refractivity contribution in [1.29, 1.82) is 0 Å². The number of hydrogen-bond donors (Lipinski definition) is 2. The number of carboxylic acid groups (broad SMARTS) is 1. The zero-order valence-electron chi connectivity index (χ0n) is 8.71. The number of rotatable bonds is 4. The Morgan fingerprint density at radius 3 is 2.94 bits per heavy atom. The number of carbonyl (C=O) groups is 1. The van der Waals surface area contributed by atoms with Gasteiger partial charge in [-0.1, -0.05) is 18.2 Å². The van der Waals surface area contributed by atoms with Gasteiger partial charge in [-0.15, -0.1) is 0 Å². The van der Waals surface area contributed by atoms with E-state index in [0.717, 1.165) is 10.9 Å². The number of hydrogen-bond acceptors (Lipinski definition) is 3. The zero-order valence-corrected chi connectivity index (χ0v) is 8.71. The van der Waals surface area contributed by atoms with Crippen LogP contribution in [0.5, 0.6) is 0 Å². The number of aliphatic carboxylic acids is 1. The van der Waals surface area contributed by atoms with Crippen molar-refractivity contribution >= 4 is 16.9 Å². The second-order valence-electron chi connectivity index (χ2n) is 3.58. The minimum absolute atomic E-state index is 0.325. The van der Waals surface area contributed by atoms with Crippen LogP contribution in [0.4, 0.5) is 0 Å². The van der Waals surface area contributed by atoms with Crippen LogP contribution in [0.15, 0.2) is 30.5 Å². The van der Waals surface area contributed by atoms with Crippen LogP contribution in [0.2, 0.25) is 0 Å². The molecule has 1 aromatic carbocycles. The van der Waals surface area contributed by atoms with Crippen molar-refractivity contribution in [2.75, 3.05) is 6.54 Å². The molecule has 0 fully saturated rings. The smallest absolute Gasteiger partial charge is 0.328 e. The summed E-state index contributed by atoms with van der Waals surface area (Å²) < 4.78 is 1.52. The van der Waals surface area contributed by atoms with Gasteiger partial charge in [0.25, 0.3) is 0 Å². The Bertz CT molecular complexity index is 507. The van der Waals surface area contributed by atoms with Crippen LogP contribution in [0.25, 0.3) is 10.9 Å². The SMILES string of the molecule is NCCC(C(=O)O)n1ncc2ccccc21. The van der Waals surface area contributed by atoms with Crippen LogP contribution in [0.3, 0.4) is 0 Å². The second kappa shape index (κ2) is 4.32. The summed E-state index contributed by atoms with van der Waals surface area (Å²) in [6, 6.07) is 6.83. The molecule has 1 atom stereocenters. The third-order valence-corrected chi connectivity index (χ3v) is 2.53. The first kappa shape index (κ1) is 10.6. The fourth-order valence-corrected chi connectivity index (χ4v) is 1.75. The molecular weight excluding hydrogens is 206 g/mol. The highest BCUT2D eigenvalue weighted by atomic mass is 16.4. The van der Waals surface area contributed by atoms with Gasteiger partial charge in [-0.2, -0.15) is 5.10 Å². The zero-order chi connectivity index (χ0) is 11.5. The lowest BCUT2D eigenvalue weighted by Gasteiger charge is -2.12. The lowest BCUT2D eigenvalue weighted by atomic mass is 10.2. The summed E-state index contributed by atoms with van der Waals surface area (Å²) in [5.74, 6) is -0.903. The van der Waals surface area contributed by atoms with E-state index in [-0.39, 0.29) is 0 Å². The maximum atomic E-state index is 11.1. The summed E-state index contributed by atoms with van der Waals surface area (Å²) in [6.45, 7) is 0.325. The van der Waals surface area contributed by atoms with Gasteiger partial charge in [-0.3, -0.25) is 4.68 Å². The second-order valence-corrected chi connectivity index (χ2v) is 3.58. The van der Waals surface area contributed by atoms with E-state index in [1.165, 1.54) is 4.68 Å². The number of nitrogens with zero attached hydrogens (tertiary/aromatic N) is 2. The molecule has 2 rings (SSSR count). The summed E-state index contributed by atoms with van der Waals surface area (Å²) in [7, 11) is 0. The Morgan fingerprint density at radius 2 is 2.25 bits per heavy atom. The fourth-order valence-electron chi connectivity index (χ4n) is 1.75. The van der Waals surface area contributed by atoms with E-state index >= 15 is 0 Å². The average Bonchev–Trinajstić information content (AvgIpc) is 2.69. The maximum absolute atomic E-state index is 11.1. The van der Waals surface area contributed by atoms with Crippen LogP contribution in [0.1, 0.15) is 12.5 Å². The molecule has 1 heterocycles. The molecule has 2 aromatic rings. The molecule has 1 aromatic heterocycles. The van der Waals surface area contributed by atoms with Crippen LogP contribution < -0.4 is 5.73 Å². The third-order valence-electron chi connectivity index (χ3n) is 2.53. The minimum Gasteiger partial charge on any atom is -0.480 e. The van der Waals surface area contributed by atoms with Gasteiger partial charge >= 0.3 is 5.97 Å². The number of carboxylic acids is 1. The molecule has 0 spiro atoms. The van der Waals surface area contributed by atoms with Gasteiger partial charge in [0.2, 0.25) is 0 Å². The van der Waals surface area contributed by atoms with Gasteiger partial charge in [0.1, 0.15) is 0 Å². The van der Waals surface area contributed by atoms with Gasteiger partial charge in [-0.25, -0.2) is 4.79 Å². The largest absolute Gasteiger partial charge is 0.480 e. The van der Waals surface area contributed by atoms with Crippen LogP contribution in [-0.2, 0) is 4.79 Å². The lowest BCUT2D eigenvalue weighted by Crippen LogP contribution is -2.23. The number of benzene rings is 1. The third kappa shape index (κ3) is 1.77. The van der Waals surface area contributed by atoms with Crippen molar-refractivity contribution in [3.05, 3.63) is 30.5 Å². The molecule has 0 aliphatic carbocycles. The Hall–Kier alpha value is -1.88. The molecule has 0 saturated carbocycles. The number of nitrogens with two attached hydrogens (primary N) is 1. The molecule has 0 bridgehead atoms. The molecule has 0 saturated heterocycles. The van der Waals surface area contributed by atoms with Crippen LogP contribution in [0, 0.1) is 0 Å². The highest BCUT2D eigenvalue weighted by molar-refractivity contribution is 5.81. The topological polar surface area (TPSA) is 81.1 Å². The van der Waals surface area contributed by atoms with Crippen molar-refractivity contribution < 1.29 is 9.90 Å². The Balaban J connectivity index is 2.48. The molecule has 0 radical (unpaired) electrons. The van der Waals surface area contributed by atoms with Crippen LogP contribution >= 0.6 is 0 Å². The van der Waals surface area contributed by atoms with E-state index < -0.39 is 12.0 Å². The van der Waals surface area contributed by atoms with Crippen molar-refractivity contribution in [3.63, 3.8) is 0 Å². The predicted octanol–water partition coefficient (Wildman–Crippen LogP) is 1.01. The summed E-state index contributed by atoms with van der Waals surface area (Å²) >= 11 is 0. The molecular formula is C11H13N3O2. The number of fused-ring (bicyclic) bond motifs is 1. The molecule has 0 aliphatic heterocycles. The molecule has 0 amide bonds. The Kier molecular flexibility index (Phi) is 2.87. The Labute approximate surface area is 92.5 Å². The lowest BCUT2D eigenvalue weighted by molar-refractivity contribution is -0.141. The number of aromatic nitrogens is 2. The standard InChI is InChI=1S/C11H13N3O2/c12-6-5-10(11(15)16)14-9-4-2-1-3-8(9)7-13-14/h1-4,7,10H,5-6,12H2,(H,15,16). The highest BCUT2D eigenvalue weighted by Gasteiger charge is 2.20. The molecule has 1 unspecified atom stereocenters. The molecule has 0 aliphatic rings. The normalized spacial score (nSPS) is 12.8. The van der Waals surface area contributed by atoms with Gasteiger partial charge in [0, 0.05) is 5.39 Å². The van der Waals surface area contributed by atoms with Gasteiger partial charge in [0.15, 0.2) is 6.04 Å². The molecule has 84 valence electrons. The molecule has 5 heteroatoms. The fraction of sp³-hybridized carbons (Fsp3) is 0.273. The summed E-state index contributed by atoms with van der Waals surface area (Å²) in [5.41, 5.74) is 6.24. The van der Waals surface area contributed by atoms with Gasteiger partial charge < -0.3 is 10.8 Å². The van der Waals surface area contributed by atoms with Crippen molar-refractivity contribution in [2.24, 2.45) is 5.73 Å². The first-order valence-corrected chi connectivity index (χ1v) is 5.09. The quantitative estimate of drug-likeness (QED) is 0.804. The van der Waals surface area contributed by atoms with E-state index in [4.69, 9.17) is 10.8 Å². The summed E-state index contributed by atoms with van der Waals surface area (Å²) in [5, 5.41) is 14.2. The van der Waals surface area contributed by atoms with E-state index in [2.05, 4.69) is 5.10 Å². The molecule has 5 nitrogen and oxygen atoms in total. The average molecular weight is 219 g/mol. The van der Waals surface area contributed by atoms with E-state index in [9.17, 15) is 4.79 Å². The van der Waals surface area contributed by atoms with Gasteiger partial charge in [-0.05, 0) is 19.0 Å². The summed E-state index contributed by atoms with van der Waals surface area (Å²) in [4.78, 5) is 11.1. The van der Waals surface area contributed by atoms with E-state index in [1.54, 1.807) is 6.20 Å². The van der Waals surface area contributed by atoms with Crippen LogP contribution in [-0.4, -0.2) is 27.4 Å². The monoisotopic (exact) mass is 219 g/mol. The van der Waals surface area contributed by atoms with Crippen molar-refractivity contribution in [1.82, 2.24) is 9.78 Å². The highest BCUT2D eigenvalue weighted by Crippen LogP contribution is 2.19. The predicted molar refractivity (Wildman–Crippen MR) is 60.1 cm³/mol. The number of para-hydroxylation sites is 1. The molecule has 16 heavy (non-hydrogen) atoms. The van der Waals surface area contributed by atoms with E-state index in [1.807, 2.05) is 24.3 Å². The van der Waals surface area contributed by atoms with E-state index in [0.29, 0.717) is 13.0 Å². The minimum atomic E-state index is -0.903. The first-order valence-electron chi connectivity index (χ1n) is 5.09. The first-order chi connectivity index (χ1) is 7.74. The summed E-state index contributed by atoms with van der Waals surface area (Å²) in [6.07, 6.45) is 2.04. The Morgan fingerprint density at radius 1 is 1.50 bits per heavy atom. The van der Waals surface area contributed by atoms with Gasteiger partial charge in [0.05, 0.1) is 11.7 Å². The maximum Gasteiger partial charge on any atom is 0.328 e. The van der Waals surface area contributed by atoms with Crippen molar-refractivity contribution in [3.8, 4) is 0 Å². The molecule has 3 N–H and O–H groups in total. The van der Waals surface area contributed by atoms with Crippen molar-refractivity contribution in [2.45, 2.75) is 12.5 Å².